The van der Waals surface area contributed by atoms with Gasteiger partial charge in [-0.15, -0.1) is 0 Å². The lowest BCUT2D eigenvalue weighted by Crippen LogP contribution is -2.46. The Morgan fingerprint density at radius 1 is 1.14 bits per heavy atom. The van der Waals surface area contributed by atoms with Gasteiger partial charge in [0.15, 0.2) is 0 Å². The summed E-state index contributed by atoms with van der Waals surface area (Å²) in [6, 6.07) is 5.47. The monoisotopic (exact) mass is 388 g/mol. The second kappa shape index (κ2) is 8.73. The normalized spacial score (nSPS) is 22.9. The summed E-state index contributed by atoms with van der Waals surface area (Å²) >= 11 is 0. The molecule has 2 amide bonds. The zero-order chi connectivity index (χ0) is 20.3. The maximum atomic E-state index is 12.4. The van der Waals surface area contributed by atoms with Crippen LogP contribution in [0, 0.1) is 25.7 Å². The summed E-state index contributed by atoms with van der Waals surface area (Å²) in [6.45, 7) is 5.52. The highest BCUT2D eigenvalue weighted by Gasteiger charge is 2.40. The Kier molecular flexibility index (Phi) is 6.34. The largest absolute Gasteiger partial charge is 0.481 e. The van der Waals surface area contributed by atoms with Crippen LogP contribution in [0.1, 0.15) is 40.7 Å². The Hall–Kier alpha value is -2.41. The molecule has 1 unspecified atom stereocenters. The number of piperidine rings is 1. The molecular formula is C21H28N2O5. The molecule has 2 saturated heterocycles. The van der Waals surface area contributed by atoms with Gasteiger partial charge >= 0.3 is 5.97 Å². The Morgan fingerprint density at radius 2 is 1.86 bits per heavy atom. The van der Waals surface area contributed by atoms with Gasteiger partial charge < -0.3 is 20.1 Å². The van der Waals surface area contributed by atoms with E-state index in [9.17, 15) is 19.5 Å². The van der Waals surface area contributed by atoms with Crippen LogP contribution < -0.4 is 5.32 Å². The number of carboxylic acids is 1. The summed E-state index contributed by atoms with van der Waals surface area (Å²) < 4.78 is 5.67. The van der Waals surface area contributed by atoms with Crippen LogP contribution in [0.2, 0.25) is 0 Å². The molecule has 2 aliphatic heterocycles. The van der Waals surface area contributed by atoms with Crippen LogP contribution in [0.3, 0.4) is 0 Å². The third-order valence-corrected chi connectivity index (χ3v) is 5.98. The molecule has 2 atom stereocenters. The van der Waals surface area contributed by atoms with E-state index in [1.165, 1.54) is 0 Å². The second-order valence-corrected chi connectivity index (χ2v) is 7.77. The van der Waals surface area contributed by atoms with Crippen molar-refractivity contribution in [1.29, 1.82) is 0 Å². The van der Waals surface area contributed by atoms with Crippen molar-refractivity contribution in [2.45, 2.75) is 39.2 Å². The van der Waals surface area contributed by atoms with Crippen molar-refractivity contribution in [2.75, 3.05) is 26.2 Å². The van der Waals surface area contributed by atoms with Crippen molar-refractivity contribution in [3.05, 3.63) is 34.9 Å². The van der Waals surface area contributed by atoms with Crippen LogP contribution in [-0.4, -0.2) is 60.1 Å². The fourth-order valence-corrected chi connectivity index (χ4v) is 4.07. The van der Waals surface area contributed by atoms with Crippen LogP contribution >= 0.6 is 0 Å². The molecule has 0 radical (unpaired) electrons. The zero-order valence-corrected chi connectivity index (χ0v) is 16.4. The Labute approximate surface area is 165 Å². The van der Waals surface area contributed by atoms with Gasteiger partial charge in [0.05, 0.1) is 18.6 Å². The standard InChI is InChI=1S/C21H28N2O5/c1-13-3-4-16(11-14(13)2)20(25)22-12-18(24)23-8-5-15(6-9-23)19-17(21(26)27)7-10-28-19/h3-4,11,15,17,19H,5-10,12H2,1-2H3,(H,22,25)(H,26,27)/t17?,19-/m0/s1. The number of aliphatic carboxylic acids is 1. The van der Waals surface area contributed by atoms with Crippen molar-refractivity contribution < 1.29 is 24.2 Å². The molecule has 2 N–H and O–H groups in total. The van der Waals surface area contributed by atoms with Crippen LogP contribution in [-0.2, 0) is 14.3 Å². The number of hydrogen-bond donors (Lipinski definition) is 2. The average molecular weight is 388 g/mol. The van der Waals surface area contributed by atoms with E-state index >= 15 is 0 Å². The number of benzene rings is 1. The number of carbonyl (C=O) groups is 3. The molecule has 0 spiro atoms. The molecule has 3 rings (SSSR count). The molecule has 0 aromatic heterocycles. The summed E-state index contributed by atoms with van der Waals surface area (Å²) in [5.41, 5.74) is 2.70. The number of likely N-dealkylation sites (tertiary alicyclic amines) is 1. The molecule has 2 heterocycles. The number of ether oxygens (including phenoxy) is 1. The van der Waals surface area contributed by atoms with Gasteiger partial charge in [0.1, 0.15) is 0 Å². The molecular weight excluding hydrogens is 360 g/mol. The summed E-state index contributed by atoms with van der Waals surface area (Å²) in [5, 5.41) is 12.0. The van der Waals surface area contributed by atoms with E-state index in [1.54, 1.807) is 11.0 Å². The van der Waals surface area contributed by atoms with E-state index < -0.39 is 11.9 Å². The van der Waals surface area contributed by atoms with Crippen LogP contribution in [0.15, 0.2) is 18.2 Å². The van der Waals surface area contributed by atoms with Crippen molar-refractivity contribution in [3.63, 3.8) is 0 Å². The lowest BCUT2D eigenvalue weighted by Gasteiger charge is -2.35. The highest BCUT2D eigenvalue weighted by molar-refractivity contribution is 5.96. The Balaban J connectivity index is 1.47. The van der Waals surface area contributed by atoms with Crippen LogP contribution in [0.4, 0.5) is 0 Å². The van der Waals surface area contributed by atoms with Crippen molar-refractivity contribution in [1.82, 2.24) is 10.2 Å². The number of rotatable bonds is 5. The number of hydrogen-bond acceptors (Lipinski definition) is 4. The minimum absolute atomic E-state index is 0.0336. The SMILES string of the molecule is Cc1ccc(C(=O)NCC(=O)N2CCC([C@@H]3OCCC3C(=O)O)CC2)cc1C. The lowest BCUT2D eigenvalue weighted by molar-refractivity contribution is -0.145. The Morgan fingerprint density at radius 3 is 2.50 bits per heavy atom. The number of aryl methyl sites for hydroxylation is 2. The van der Waals surface area contributed by atoms with Gasteiger partial charge in [-0.1, -0.05) is 6.07 Å². The summed E-state index contributed by atoms with van der Waals surface area (Å²) in [4.78, 5) is 37.8. The highest BCUT2D eigenvalue weighted by atomic mass is 16.5. The van der Waals surface area contributed by atoms with Crippen molar-refractivity contribution in [3.8, 4) is 0 Å². The van der Waals surface area contributed by atoms with Gasteiger partial charge in [-0.3, -0.25) is 14.4 Å². The topological polar surface area (TPSA) is 95.9 Å². The third-order valence-electron chi connectivity index (χ3n) is 5.98. The molecule has 2 aliphatic rings. The summed E-state index contributed by atoms with van der Waals surface area (Å²) in [7, 11) is 0. The number of amides is 2. The molecule has 7 nitrogen and oxygen atoms in total. The quantitative estimate of drug-likeness (QED) is 0.801. The minimum Gasteiger partial charge on any atom is -0.481 e. The van der Waals surface area contributed by atoms with Crippen LogP contribution in [0.5, 0.6) is 0 Å². The van der Waals surface area contributed by atoms with Gasteiger partial charge in [0.25, 0.3) is 5.91 Å². The van der Waals surface area contributed by atoms with Crippen molar-refractivity contribution in [2.24, 2.45) is 11.8 Å². The van der Waals surface area contributed by atoms with E-state index in [0.29, 0.717) is 31.7 Å². The maximum absolute atomic E-state index is 12.4. The maximum Gasteiger partial charge on any atom is 0.309 e. The van der Waals surface area contributed by atoms with Gasteiger partial charge in [0.2, 0.25) is 5.91 Å². The number of carbonyl (C=O) groups excluding carboxylic acids is 2. The average Bonchev–Trinajstić information content (AvgIpc) is 3.18. The lowest BCUT2D eigenvalue weighted by atomic mass is 9.84. The molecule has 1 aromatic rings. The fraction of sp³-hybridized carbons (Fsp3) is 0.571. The number of carboxylic acid groups (broad SMARTS) is 1. The molecule has 0 aliphatic carbocycles. The van der Waals surface area contributed by atoms with Gasteiger partial charge in [-0.25, -0.2) is 0 Å². The molecule has 28 heavy (non-hydrogen) atoms. The number of nitrogens with zero attached hydrogens (tertiary/aromatic N) is 1. The summed E-state index contributed by atoms with van der Waals surface area (Å²) in [6.07, 6.45) is 1.76. The third kappa shape index (κ3) is 4.52. The van der Waals surface area contributed by atoms with Gasteiger partial charge in [-0.05, 0) is 62.3 Å². The zero-order valence-electron chi connectivity index (χ0n) is 16.4. The van der Waals surface area contributed by atoms with Crippen LogP contribution in [0.25, 0.3) is 0 Å². The summed E-state index contributed by atoms with van der Waals surface area (Å²) in [5.74, 6) is -1.44. The van der Waals surface area contributed by atoms with E-state index in [1.807, 2.05) is 26.0 Å². The van der Waals surface area contributed by atoms with E-state index in [-0.39, 0.29) is 30.4 Å². The van der Waals surface area contributed by atoms with Gasteiger partial charge in [0, 0.05) is 25.3 Å². The molecule has 152 valence electrons. The highest BCUT2D eigenvalue weighted by Crippen LogP contribution is 2.33. The first-order valence-electron chi connectivity index (χ1n) is 9.84. The Bertz CT molecular complexity index is 755. The predicted octanol–water partition coefficient (Wildman–Crippen LogP) is 1.76. The first-order valence-corrected chi connectivity index (χ1v) is 9.84. The van der Waals surface area contributed by atoms with E-state index in [2.05, 4.69) is 5.32 Å². The number of nitrogens with one attached hydrogen (secondary N) is 1. The smallest absolute Gasteiger partial charge is 0.309 e. The van der Waals surface area contributed by atoms with Gasteiger partial charge in [-0.2, -0.15) is 0 Å². The second-order valence-electron chi connectivity index (χ2n) is 7.77. The first kappa shape index (κ1) is 20.3. The molecule has 7 heteroatoms. The molecule has 0 saturated carbocycles. The predicted molar refractivity (Wildman–Crippen MR) is 103 cm³/mol. The molecule has 2 fully saturated rings. The minimum atomic E-state index is -0.796. The first-order chi connectivity index (χ1) is 13.4. The van der Waals surface area contributed by atoms with E-state index in [4.69, 9.17) is 4.74 Å². The molecule has 0 bridgehead atoms. The fourth-order valence-electron chi connectivity index (χ4n) is 4.07. The van der Waals surface area contributed by atoms with E-state index in [0.717, 1.165) is 24.0 Å². The van der Waals surface area contributed by atoms with Crippen molar-refractivity contribution >= 4 is 17.8 Å². The molecule has 1 aromatic carbocycles.